The van der Waals surface area contributed by atoms with Crippen molar-refractivity contribution in [2.24, 2.45) is 41.1 Å². The molecule has 1 aliphatic heterocycles. The maximum absolute atomic E-state index is 13.9. The van der Waals surface area contributed by atoms with Crippen molar-refractivity contribution in [3.05, 3.63) is 71.8 Å². The molecule has 570 valence electrons. The van der Waals surface area contributed by atoms with E-state index >= 15 is 0 Å². The van der Waals surface area contributed by atoms with Gasteiger partial charge in [0.2, 0.25) is 23.6 Å². The standard InChI is InChI=1S/C30H48N4O4.C8H10.2C5H12.C4H10.C3H8O.2C2H6.2CH5N.8CH2O.6H3N/c1-8-22(4)27(30(38)34-17-13-10-14-18-34)31-28(36)25(19-21(2)3)33(7)29(37)26(32(6)23(5)35)20-24-15-11-9-12-16-24;1-2-8-6-4-3-5-7-8;2*1-4-5(2)3;1-4(2)3;1-3(2)4;12*1-2;;;;;;/h9,11-12,15-16,21-22,25-27H,8,10,13-14,17-20H2,1-7H3,(H,31,36);3-7H,2H2,1H3;2*5H,4H2,1-3H3;4H,1-3H3;3-4H,1-2H3;2*1-2H3;2*2H2,1H3;8*1H2;6*1H3/t22-,25-,26-,27-;;;;;;;;;;;;;;;;;;;;;;;/m0......................./s1. The van der Waals surface area contributed by atoms with Crippen LogP contribution in [0.1, 0.15) is 201 Å². The van der Waals surface area contributed by atoms with Crippen molar-refractivity contribution in [2.75, 3.05) is 41.3 Å². The summed E-state index contributed by atoms with van der Waals surface area (Å²) in [6.45, 7) is 60.3. The summed E-state index contributed by atoms with van der Waals surface area (Å²) in [7, 11) is 6.25. The Bertz CT molecular complexity index is 1590. The van der Waals surface area contributed by atoms with E-state index in [1.807, 2.05) is 151 Å². The molecule has 25 nitrogen and oxygen atoms in total. The third-order valence-electron chi connectivity index (χ3n) is 10.7. The molecule has 1 saturated heterocycles. The van der Waals surface area contributed by atoms with E-state index in [1.54, 1.807) is 27.9 Å². The van der Waals surface area contributed by atoms with Crippen LogP contribution in [0.5, 0.6) is 0 Å². The number of aryl methyl sites for hydroxylation is 1. The lowest BCUT2D eigenvalue weighted by molar-refractivity contribution is -0.148. The predicted octanol–water partition coefficient (Wildman–Crippen LogP) is 12.6. The van der Waals surface area contributed by atoms with Gasteiger partial charge in [0, 0.05) is 46.6 Å². The summed E-state index contributed by atoms with van der Waals surface area (Å²) in [4.78, 5) is 122. The first kappa shape index (κ1) is 148. The zero-order chi connectivity index (χ0) is 73.9. The second-order valence-corrected chi connectivity index (χ2v) is 19.5. The van der Waals surface area contributed by atoms with Crippen LogP contribution in [0, 0.1) is 29.6 Å². The molecule has 0 unspecified atom stereocenters. The van der Waals surface area contributed by atoms with Crippen molar-refractivity contribution in [3.8, 4) is 0 Å². The first-order valence-corrected chi connectivity index (χ1v) is 30.2. The molecule has 2 aromatic rings. The van der Waals surface area contributed by atoms with Crippen molar-refractivity contribution in [1.82, 2.24) is 56.9 Å². The summed E-state index contributed by atoms with van der Waals surface area (Å²) in [6, 6.07) is 17.9. The summed E-state index contributed by atoms with van der Waals surface area (Å²) >= 11 is 0. The molecule has 0 radical (unpaired) electrons. The topological polar surface area (TPSA) is 509 Å². The number of piperidine rings is 1. The molecule has 25 heteroatoms. The van der Waals surface area contributed by atoms with E-state index in [1.165, 1.54) is 49.2 Å². The number of nitrogens with two attached hydrogens (primary N) is 2. The van der Waals surface area contributed by atoms with Gasteiger partial charge in [0.15, 0.2) is 0 Å². The number of nitrogens with one attached hydrogen (secondary N) is 1. The number of benzene rings is 2. The number of likely N-dealkylation sites (tertiary alicyclic amines) is 1. The van der Waals surface area contributed by atoms with Gasteiger partial charge in [0.05, 0.1) is 0 Å². The molecular formula is C69H156N12O13. The maximum atomic E-state index is 13.9. The van der Waals surface area contributed by atoms with E-state index in [0.29, 0.717) is 25.9 Å². The van der Waals surface area contributed by atoms with Crippen LogP contribution in [0.3, 0.4) is 0 Å². The van der Waals surface area contributed by atoms with Crippen molar-refractivity contribution in [3.63, 3.8) is 0 Å². The molecule has 0 spiro atoms. The largest absolute Gasteiger partial charge is 0.394 e. The lowest BCUT2D eigenvalue weighted by Crippen LogP contribution is -2.59. The van der Waals surface area contributed by atoms with Gasteiger partial charge in [-0.25, -0.2) is 0 Å². The summed E-state index contributed by atoms with van der Waals surface area (Å²) in [5.74, 6) is 1.82. The normalized spacial score (nSPS) is 9.95. The molecule has 0 aromatic heterocycles. The lowest BCUT2D eigenvalue weighted by atomic mass is 9.95. The van der Waals surface area contributed by atoms with Gasteiger partial charge in [0.1, 0.15) is 72.4 Å². The molecule has 1 heterocycles. The molecule has 1 aliphatic rings. The minimum atomic E-state index is -0.762. The Balaban J connectivity index is -0.0000000414. The van der Waals surface area contributed by atoms with Crippen LogP contribution in [0.25, 0.3) is 0 Å². The highest BCUT2D eigenvalue weighted by atomic mass is 16.3. The molecule has 2 aromatic carbocycles. The molecule has 0 saturated carbocycles. The van der Waals surface area contributed by atoms with E-state index in [4.69, 9.17) is 43.5 Å². The van der Waals surface area contributed by atoms with E-state index in [2.05, 4.69) is 110 Å². The Labute approximate surface area is 576 Å². The second kappa shape index (κ2) is 131. The van der Waals surface area contributed by atoms with Crippen LogP contribution in [-0.2, 0) is 70.4 Å². The number of carbonyl (C=O) groups is 12. The van der Waals surface area contributed by atoms with Crippen LogP contribution >= 0.6 is 0 Å². The Morgan fingerprint density at radius 1 is 0.489 bits per heavy atom. The number of aliphatic hydroxyl groups is 1. The van der Waals surface area contributed by atoms with Crippen molar-refractivity contribution < 1.29 is 62.6 Å². The fraction of sp³-hybridized carbons (Fsp3) is 0.652. The number of nitrogens with zero attached hydrogens (tertiary/aromatic N) is 3. The minimum absolute atomic E-state index is 0. The SMILES string of the molecule is C=O.C=O.C=O.C=O.C=O.C=O.C=O.C=O.CC.CC.CC(C)C.CC(C)O.CCC(C)C.CCC(C)C.CC[C@H](C)[C@H](NC(=O)[C@H](CC(C)C)N(C)C(=O)[C@H](Cc1ccccc1)N(C)C(C)=O)C(=O)N1CCCCC1.CCc1ccccc1.CN.CN.N.N.N.N.N.N. The predicted molar refractivity (Wildman–Crippen MR) is 404 cm³/mol. The Morgan fingerprint density at radius 2 is 0.766 bits per heavy atom. The number of carbonyl (C=O) groups excluding carboxylic acids is 12. The third kappa shape index (κ3) is 113. The molecule has 0 bridgehead atoms. The highest BCUT2D eigenvalue weighted by Crippen LogP contribution is 2.20. The van der Waals surface area contributed by atoms with Crippen LogP contribution in [-0.4, -0.2) is 163 Å². The van der Waals surface area contributed by atoms with Crippen molar-refractivity contribution >= 4 is 77.9 Å². The summed E-state index contributed by atoms with van der Waals surface area (Å²) in [6.07, 6.45) is 8.20. The van der Waals surface area contributed by atoms with Gasteiger partial charge in [-0.2, -0.15) is 0 Å². The fourth-order valence-corrected chi connectivity index (χ4v) is 5.68. The number of rotatable bonds is 15. The summed E-state index contributed by atoms with van der Waals surface area (Å²) < 4.78 is 0. The fourth-order valence-electron chi connectivity index (χ4n) is 5.68. The molecule has 4 atom stereocenters. The van der Waals surface area contributed by atoms with Crippen LogP contribution < -0.4 is 53.7 Å². The van der Waals surface area contributed by atoms with E-state index in [0.717, 1.165) is 55.4 Å². The number of amides is 4. The van der Waals surface area contributed by atoms with E-state index in [9.17, 15) is 19.2 Å². The quantitative estimate of drug-likeness (QED) is 0.0791. The minimum Gasteiger partial charge on any atom is -0.394 e. The number of hydrogen-bond donors (Lipinski definition) is 10. The number of aliphatic hydroxyl groups excluding tert-OH is 1. The van der Waals surface area contributed by atoms with Crippen molar-refractivity contribution in [2.45, 2.75) is 227 Å². The first-order valence-electron chi connectivity index (χ1n) is 30.2. The monoisotopic (exact) mass is 1360 g/mol. The molecule has 24 N–H and O–H groups in total. The highest BCUT2D eigenvalue weighted by molar-refractivity contribution is 5.94. The number of hydrogen-bond acceptors (Lipinski definition) is 21. The Kier molecular flexibility index (Phi) is 206. The van der Waals surface area contributed by atoms with E-state index in [-0.39, 0.29) is 78.5 Å². The van der Waals surface area contributed by atoms with E-state index < -0.39 is 18.1 Å². The Morgan fingerprint density at radius 3 is 0.989 bits per heavy atom. The molecule has 3 rings (SSSR count). The average molecular weight is 1360 g/mol. The van der Waals surface area contributed by atoms with Gasteiger partial charge in [-0.05, 0) is 101 Å². The average Bonchev–Trinajstić information content (AvgIpc) is 2.07. The van der Waals surface area contributed by atoms with Gasteiger partial charge in [0.25, 0.3) is 0 Å². The molecule has 94 heavy (non-hydrogen) atoms. The summed E-state index contributed by atoms with van der Waals surface area (Å²) in [5.41, 5.74) is 11.3. The second-order valence-electron chi connectivity index (χ2n) is 19.5. The van der Waals surface area contributed by atoms with Gasteiger partial charge < -0.3 is 112 Å². The lowest BCUT2D eigenvalue weighted by Gasteiger charge is -2.37. The van der Waals surface area contributed by atoms with Gasteiger partial charge in [-0.3, -0.25) is 19.2 Å². The summed E-state index contributed by atoms with van der Waals surface area (Å²) in [5, 5.41) is 11.1. The van der Waals surface area contributed by atoms with Crippen molar-refractivity contribution in [1.29, 1.82) is 0 Å². The zero-order valence-electron chi connectivity index (χ0n) is 65.0. The first-order chi connectivity index (χ1) is 41.9. The molecular weight excluding hydrogens is 1200 g/mol. The van der Waals surface area contributed by atoms with Gasteiger partial charge >= 0.3 is 0 Å². The van der Waals surface area contributed by atoms with Crippen LogP contribution in [0.2, 0.25) is 0 Å². The third-order valence-corrected chi connectivity index (χ3v) is 10.7. The molecule has 0 aliphatic carbocycles. The smallest absolute Gasteiger partial charge is 0.246 e. The van der Waals surface area contributed by atoms with Crippen LogP contribution in [0.15, 0.2) is 60.7 Å². The Hall–Kier alpha value is -6.68. The molecule has 4 amide bonds. The van der Waals surface area contributed by atoms with Crippen LogP contribution in [0.4, 0.5) is 0 Å². The van der Waals surface area contributed by atoms with Gasteiger partial charge in [-0.1, -0.05) is 205 Å². The van der Waals surface area contributed by atoms with Gasteiger partial charge in [-0.15, -0.1) is 0 Å². The number of likely N-dealkylation sites (N-methyl/N-ethyl adjacent to an activating group) is 2. The molecule has 1 fully saturated rings. The zero-order valence-corrected chi connectivity index (χ0v) is 65.0. The maximum Gasteiger partial charge on any atom is 0.246 e. The highest BCUT2D eigenvalue weighted by Gasteiger charge is 2.37.